The Hall–Kier alpha value is -1.01. The second kappa shape index (κ2) is 4.83. The molecule has 3 rings (SSSR count). The highest BCUT2D eigenvalue weighted by molar-refractivity contribution is 8.00. The van der Waals surface area contributed by atoms with Crippen LogP contribution in [0.5, 0.6) is 0 Å². The average Bonchev–Trinajstić information content (AvgIpc) is 2.72. The number of fused-ring (bicyclic) bond motifs is 1. The number of anilines is 2. The molecule has 2 N–H and O–H groups in total. The molecule has 2 atom stereocenters. The molecule has 1 aliphatic heterocycles. The lowest BCUT2D eigenvalue weighted by atomic mass is 10.2. The van der Waals surface area contributed by atoms with E-state index in [4.69, 9.17) is 5.73 Å². The summed E-state index contributed by atoms with van der Waals surface area (Å²) in [6.45, 7) is 7.67. The van der Waals surface area contributed by atoms with Crippen molar-refractivity contribution < 1.29 is 0 Å². The molecule has 1 fully saturated rings. The third-order valence-corrected chi connectivity index (χ3v) is 5.95. The fourth-order valence-corrected chi connectivity index (χ4v) is 4.47. The summed E-state index contributed by atoms with van der Waals surface area (Å²) in [5.74, 6) is 2.52. The SMILES string of the molecule is Cc1cc2c(N3CCSC(C)C3C)nc(N)nc2s1. The van der Waals surface area contributed by atoms with Crippen molar-refractivity contribution in [3.8, 4) is 0 Å². The van der Waals surface area contributed by atoms with Crippen LogP contribution in [0.2, 0.25) is 0 Å². The Bertz CT molecular complexity index is 610. The zero-order valence-electron chi connectivity index (χ0n) is 11.4. The minimum absolute atomic E-state index is 0.377. The maximum Gasteiger partial charge on any atom is 0.223 e. The molecule has 102 valence electrons. The highest BCUT2D eigenvalue weighted by atomic mass is 32.2. The molecule has 6 heteroatoms. The van der Waals surface area contributed by atoms with Gasteiger partial charge in [0.2, 0.25) is 5.95 Å². The molecule has 19 heavy (non-hydrogen) atoms. The van der Waals surface area contributed by atoms with Gasteiger partial charge in [-0.25, -0.2) is 4.98 Å². The van der Waals surface area contributed by atoms with Crippen molar-refractivity contribution >= 4 is 45.1 Å². The van der Waals surface area contributed by atoms with Crippen molar-refractivity contribution in [2.75, 3.05) is 22.9 Å². The summed E-state index contributed by atoms with van der Waals surface area (Å²) in [4.78, 5) is 13.5. The Morgan fingerprint density at radius 1 is 1.37 bits per heavy atom. The van der Waals surface area contributed by atoms with Gasteiger partial charge < -0.3 is 10.6 Å². The highest BCUT2D eigenvalue weighted by Gasteiger charge is 2.28. The lowest BCUT2D eigenvalue weighted by molar-refractivity contribution is 0.622. The van der Waals surface area contributed by atoms with E-state index in [9.17, 15) is 0 Å². The van der Waals surface area contributed by atoms with Crippen molar-refractivity contribution in [2.24, 2.45) is 0 Å². The number of rotatable bonds is 1. The molecule has 3 heterocycles. The van der Waals surface area contributed by atoms with E-state index in [1.165, 1.54) is 4.88 Å². The van der Waals surface area contributed by atoms with Crippen LogP contribution in [0, 0.1) is 6.92 Å². The fraction of sp³-hybridized carbons (Fsp3) is 0.538. The van der Waals surface area contributed by atoms with Gasteiger partial charge in [0.15, 0.2) is 0 Å². The molecule has 2 aromatic rings. The van der Waals surface area contributed by atoms with Crippen molar-refractivity contribution in [2.45, 2.75) is 32.1 Å². The van der Waals surface area contributed by atoms with Crippen molar-refractivity contribution in [1.82, 2.24) is 9.97 Å². The van der Waals surface area contributed by atoms with E-state index in [0.29, 0.717) is 17.2 Å². The van der Waals surface area contributed by atoms with E-state index in [0.717, 1.165) is 28.3 Å². The Morgan fingerprint density at radius 3 is 2.95 bits per heavy atom. The van der Waals surface area contributed by atoms with E-state index in [2.05, 4.69) is 41.7 Å². The molecule has 2 aromatic heterocycles. The molecular weight excluding hydrogens is 276 g/mol. The van der Waals surface area contributed by atoms with Crippen LogP contribution in [0.25, 0.3) is 10.2 Å². The zero-order chi connectivity index (χ0) is 13.6. The number of nitrogens with two attached hydrogens (primary N) is 1. The first kappa shape index (κ1) is 13.0. The Balaban J connectivity index is 2.13. The van der Waals surface area contributed by atoms with E-state index < -0.39 is 0 Å². The topological polar surface area (TPSA) is 55.0 Å². The predicted molar refractivity (Wildman–Crippen MR) is 85.3 cm³/mol. The van der Waals surface area contributed by atoms with Gasteiger partial charge in [-0.3, -0.25) is 0 Å². The molecule has 0 amide bonds. The van der Waals surface area contributed by atoms with Gasteiger partial charge >= 0.3 is 0 Å². The quantitative estimate of drug-likeness (QED) is 0.876. The first-order valence-electron chi connectivity index (χ1n) is 6.48. The second-order valence-corrected chi connectivity index (χ2v) is 7.71. The third kappa shape index (κ3) is 2.27. The van der Waals surface area contributed by atoms with E-state index in [-0.39, 0.29) is 0 Å². The predicted octanol–water partition coefficient (Wildman–Crippen LogP) is 2.91. The lowest BCUT2D eigenvalue weighted by Crippen LogP contribution is -2.45. The Kier molecular flexibility index (Phi) is 3.30. The largest absolute Gasteiger partial charge is 0.368 e. The molecule has 2 unspecified atom stereocenters. The van der Waals surface area contributed by atoms with Crippen molar-refractivity contribution in [3.05, 3.63) is 10.9 Å². The van der Waals surface area contributed by atoms with Gasteiger partial charge in [-0.15, -0.1) is 11.3 Å². The molecule has 0 aromatic carbocycles. The number of aromatic nitrogens is 2. The molecular formula is C13H18N4S2. The molecule has 4 nitrogen and oxygen atoms in total. The van der Waals surface area contributed by atoms with E-state index in [1.54, 1.807) is 11.3 Å². The van der Waals surface area contributed by atoms with Crippen LogP contribution in [0.4, 0.5) is 11.8 Å². The third-order valence-electron chi connectivity index (χ3n) is 3.67. The lowest BCUT2D eigenvalue weighted by Gasteiger charge is -2.38. The first-order chi connectivity index (χ1) is 9.06. The van der Waals surface area contributed by atoms with Gasteiger partial charge in [-0.1, -0.05) is 6.92 Å². The molecule has 1 saturated heterocycles. The normalized spacial score (nSPS) is 24.1. The first-order valence-corrected chi connectivity index (χ1v) is 8.34. The summed E-state index contributed by atoms with van der Waals surface area (Å²) >= 11 is 3.71. The van der Waals surface area contributed by atoms with Gasteiger partial charge in [0, 0.05) is 28.5 Å². The van der Waals surface area contributed by atoms with Crippen LogP contribution in [-0.4, -0.2) is 33.6 Å². The van der Waals surface area contributed by atoms with Gasteiger partial charge in [0.05, 0.1) is 5.39 Å². The maximum atomic E-state index is 5.87. The molecule has 0 aliphatic carbocycles. The second-order valence-electron chi connectivity index (χ2n) is 4.99. The number of thioether (sulfide) groups is 1. The van der Waals surface area contributed by atoms with Gasteiger partial charge in [0.1, 0.15) is 10.6 Å². The summed E-state index contributed by atoms with van der Waals surface area (Å²) in [5, 5.41) is 1.75. The Labute approximate surface area is 121 Å². The number of aryl methyl sites for hydroxylation is 1. The molecule has 0 bridgehead atoms. The highest BCUT2D eigenvalue weighted by Crippen LogP contribution is 2.35. The minimum Gasteiger partial charge on any atom is -0.368 e. The molecule has 0 radical (unpaired) electrons. The Morgan fingerprint density at radius 2 is 2.16 bits per heavy atom. The molecule has 0 saturated carbocycles. The van der Waals surface area contributed by atoms with Crippen LogP contribution in [0.15, 0.2) is 6.07 Å². The summed E-state index contributed by atoms with van der Waals surface area (Å²) in [6.07, 6.45) is 0. The maximum absolute atomic E-state index is 5.87. The smallest absolute Gasteiger partial charge is 0.223 e. The summed E-state index contributed by atoms with van der Waals surface area (Å²) in [6, 6.07) is 2.64. The van der Waals surface area contributed by atoms with Gasteiger partial charge in [-0.2, -0.15) is 16.7 Å². The molecule has 1 aliphatic rings. The zero-order valence-corrected chi connectivity index (χ0v) is 13.0. The molecule has 0 spiro atoms. The summed E-state index contributed by atoms with van der Waals surface area (Å²) < 4.78 is 0. The average molecular weight is 294 g/mol. The summed E-state index contributed by atoms with van der Waals surface area (Å²) in [5.41, 5.74) is 5.87. The summed E-state index contributed by atoms with van der Waals surface area (Å²) in [7, 11) is 0. The van der Waals surface area contributed by atoms with Gasteiger partial charge in [0.25, 0.3) is 0 Å². The minimum atomic E-state index is 0.377. The number of hydrogen-bond acceptors (Lipinski definition) is 6. The van der Waals surface area contributed by atoms with Crippen LogP contribution < -0.4 is 10.6 Å². The van der Waals surface area contributed by atoms with Crippen LogP contribution >= 0.6 is 23.1 Å². The number of thiophene rings is 1. The van der Waals surface area contributed by atoms with Crippen LogP contribution in [0.3, 0.4) is 0 Å². The number of nitrogens with zero attached hydrogens (tertiary/aromatic N) is 3. The number of nitrogen functional groups attached to an aromatic ring is 1. The standard InChI is InChI=1S/C13H18N4S2/c1-7-6-10-11(15-13(14)16-12(10)19-7)17-4-5-18-9(3)8(17)2/h6,8-9H,4-5H2,1-3H3,(H2,14,15,16). The van der Waals surface area contributed by atoms with E-state index >= 15 is 0 Å². The fourth-order valence-electron chi connectivity index (χ4n) is 2.49. The van der Waals surface area contributed by atoms with Crippen LogP contribution in [0.1, 0.15) is 18.7 Å². The van der Waals surface area contributed by atoms with Crippen molar-refractivity contribution in [3.63, 3.8) is 0 Å². The monoisotopic (exact) mass is 294 g/mol. The van der Waals surface area contributed by atoms with E-state index in [1.807, 2.05) is 11.8 Å². The van der Waals surface area contributed by atoms with Crippen LogP contribution in [-0.2, 0) is 0 Å². The number of hydrogen-bond donors (Lipinski definition) is 1. The van der Waals surface area contributed by atoms with Gasteiger partial charge in [-0.05, 0) is 19.9 Å². The van der Waals surface area contributed by atoms with Crippen molar-refractivity contribution in [1.29, 1.82) is 0 Å².